The van der Waals surface area contributed by atoms with Gasteiger partial charge in [-0.1, -0.05) is 5.16 Å². The van der Waals surface area contributed by atoms with E-state index in [1.165, 1.54) is 4.90 Å². The number of nitrogens with two attached hydrogens (primary N) is 1. The van der Waals surface area contributed by atoms with Crippen molar-refractivity contribution in [3.63, 3.8) is 0 Å². The van der Waals surface area contributed by atoms with E-state index in [4.69, 9.17) is 20.8 Å². The zero-order valence-corrected chi connectivity index (χ0v) is 10.6. The van der Waals surface area contributed by atoms with Crippen LogP contribution in [0.4, 0.5) is 0 Å². The van der Waals surface area contributed by atoms with E-state index < -0.39 is 30.0 Å². The van der Waals surface area contributed by atoms with E-state index in [1.54, 1.807) is 0 Å². The lowest BCUT2D eigenvalue weighted by Gasteiger charge is -2.17. The number of nitrogens with zero attached hydrogens (tertiary/aromatic N) is 2. The number of carboxylic acids is 2. The fraction of sp³-hybridized carbons (Fsp3) is 0.636. The molecule has 0 unspecified atom stereocenters. The largest absolute Gasteiger partial charge is 0.480 e. The third-order valence-corrected chi connectivity index (χ3v) is 3.46. The van der Waals surface area contributed by atoms with Crippen molar-refractivity contribution in [2.45, 2.75) is 25.0 Å². The van der Waals surface area contributed by atoms with Crippen molar-refractivity contribution in [1.29, 1.82) is 0 Å². The number of carbonyl (C=O) groups excluding carboxylic acids is 1. The van der Waals surface area contributed by atoms with E-state index in [0.29, 0.717) is 0 Å². The number of carboxylic acid groups (broad SMARTS) is 2. The summed E-state index contributed by atoms with van der Waals surface area (Å²) in [4.78, 5) is 39.8. The van der Waals surface area contributed by atoms with Gasteiger partial charge in [0.15, 0.2) is 11.8 Å². The van der Waals surface area contributed by atoms with Gasteiger partial charge in [0.1, 0.15) is 6.04 Å². The van der Waals surface area contributed by atoms with E-state index in [2.05, 4.69) is 5.16 Å². The molecule has 0 aromatic rings. The molecule has 0 radical (unpaired) electrons. The average Bonchev–Trinajstić information content (AvgIpc) is 2.94. The Morgan fingerprint density at radius 2 is 2.10 bits per heavy atom. The van der Waals surface area contributed by atoms with Crippen LogP contribution in [0.5, 0.6) is 0 Å². The molecule has 2 rings (SSSR count). The summed E-state index contributed by atoms with van der Waals surface area (Å²) in [5, 5.41) is 21.1. The van der Waals surface area contributed by atoms with Crippen molar-refractivity contribution in [2.75, 3.05) is 13.1 Å². The van der Waals surface area contributed by atoms with Gasteiger partial charge in [-0.3, -0.25) is 9.59 Å². The van der Waals surface area contributed by atoms with Crippen LogP contribution in [-0.4, -0.2) is 63.9 Å². The van der Waals surface area contributed by atoms with Crippen molar-refractivity contribution in [3.05, 3.63) is 0 Å². The molecule has 0 aliphatic carbocycles. The Labute approximate surface area is 114 Å². The Morgan fingerprint density at radius 3 is 2.70 bits per heavy atom. The Morgan fingerprint density at radius 1 is 1.40 bits per heavy atom. The van der Waals surface area contributed by atoms with Gasteiger partial charge in [0.2, 0.25) is 5.91 Å². The fourth-order valence-electron chi connectivity index (χ4n) is 2.30. The number of amides is 1. The minimum atomic E-state index is -1.15. The van der Waals surface area contributed by atoms with Crippen molar-refractivity contribution in [1.82, 2.24) is 4.90 Å². The summed E-state index contributed by atoms with van der Waals surface area (Å²) in [6, 6.07) is -1.08. The third kappa shape index (κ3) is 2.72. The molecule has 1 fully saturated rings. The molecule has 20 heavy (non-hydrogen) atoms. The van der Waals surface area contributed by atoms with Crippen molar-refractivity contribution in [3.8, 4) is 0 Å². The van der Waals surface area contributed by atoms with E-state index in [1.807, 2.05) is 0 Å². The van der Waals surface area contributed by atoms with Crippen LogP contribution < -0.4 is 5.73 Å². The third-order valence-electron chi connectivity index (χ3n) is 3.46. The quantitative estimate of drug-likeness (QED) is 0.556. The highest BCUT2D eigenvalue weighted by Crippen LogP contribution is 2.27. The SMILES string of the molecule is N[C@H](CCC(=O)N1C[C@@H]2ON=C(C(=O)O)[C@@H]2C1)C(=O)O. The minimum absolute atomic E-state index is 0.00640. The van der Waals surface area contributed by atoms with Crippen molar-refractivity contribution in [2.24, 2.45) is 16.8 Å². The highest BCUT2D eigenvalue weighted by molar-refractivity contribution is 6.37. The average molecular weight is 285 g/mol. The van der Waals surface area contributed by atoms with Crippen LogP contribution in [0.3, 0.4) is 0 Å². The molecule has 0 bridgehead atoms. The van der Waals surface area contributed by atoms with Crippen LogP contribution in [0, 0.1) is 5.92 Å². The second-order valence-corrected chi connectivity index (χ2v) is 4.81. The number of fused-ring (bicyclic) bond motifs is 1. The minimum Gasteiger partial charge on any atom is -0.480 e. The van der Waals surface area contributed by atoms with E-state index in [0.717, 1.165) is 0 Å². The molecule has 0 saturated carbocycles. The number of rotatable bonds is 5. The normalized spacial score (nSPS) is 25.6. The molecule has 3 atom stereocenters. The van der Waals surface area contributed by atoms with Crippen LogP contribution in [-0.2, 0) is 19.2 Å². The van der Waals surface area contributed by atoms with Gasteiger partial charge in [-0.15, -0.1) is 0 Å². The fourth-order valence-corrected chi connectivity index (χ4v) is 2.30. The highest BCUT2D eigenvalue weighted by Gasteiger charge is 2.46. The standard InChI is InChI=1S/C11H15N3O6/c12-6(10(16)17)1-2-8(15)14-3-5-7(4-14)20-13-9(5)11(18)19/h5-7H,1-4,12H2,(H,16,17)(H,18,19)/t5-,6-,7+/m1/s1. The van der Waals surface area contributed by atoms with Crippen molar-refractivity contribution < 1.29 is 29.4 Å². The monoisotopic (exact) mass is 285 g/mol. The van der Waals surface area contributed by atoms with Crippen LogP contribution in [0.2, 0.25) is 0 Å². The predicted molar refractivity (Wildman–Crippen MR) is 64.9 cm³/mol. The van der Waals surface area contributed by atoms with Crippen LogP contribution in [0.1, 0.15) is 12.8 Å². The summed E-state index contributed by atoms with van der Waals surface area (Å²) in [6.07, 6.45) is -0.383. The first-order chi connectivity index (χ1) is 9.40. The molecule has 4 N–H and O–H groups in total. The first kappa shape index (κ1) is 14.3. The van der Waals surface area contributed by atoms with Gasteiger partial charge in [-0.2, -0.15) is 0 Å². The molecule has 9 heteroatoms. The summed E-state index contributed by atoms with van der Waals surface area (Å²) in [5.41, 5.74) is 5.25. The number of carbonyl (C=O) groups is 3. The molecule has 2 aliphatic rings. The van der Waals surface area contributed by atoms with Gasteiger partial charge in [0.05, 0.1) is 12.5 Å². The zero-order chi connectivity index (χ0) is 14.9. The van der Waals surface area contributed by atoms with E-state index >= 15 is 0 Å². The van der Waals surface area contributed by atoms with Crippen LogP contribution >= 0.6 is 0 Å². The predicted octanol–water partition coefficient (Wildman–Crippen LogP) is -1.52. The molecular weight excluding hydrogens is 270 g/mol. The summed E-state index contributed by atoms with van der Waals surface area (Å²) >= 11 is 0. The maximum absolute atomic E-state index is 11.9. The maximum atomic E-state index is 11.9. The van der Waals surface area contributed by atoms with Gasteiger partial charge >= 0.3 is 11.9 Å². The number of aliphatic carboxylic acids is 2. The molecule has 110 valence electrons. The number of likely N-dealkylation sites (tertiary alicyclic amines) is 1. The Balaban J connectivity index is 1.87. The van der Waals surface area contributed by atoms with Gasteiger partial charge in [-0.25, -0.2) is 4.79 Å². The topological polar surface area (TPSA) is 143 Å². The van der Waals surface area contributed by atoms with Gasteiger partial charge in [0, 0.05) is 13.0 Å². The van der Waals surface area contributed by atoms with Gasteiger partial charge in [0.25, 0.3) is 0 Å². The van der Waals surface area contributed by atoms with Crippen molar-refractivity contribution >= 4 is 23.6 Å². The van der Waals surface area contributed by atoms with E-state index in [9.17, 15) is 14.4 Å². The van der Waals surface area contributed by atoms with Crippen LogP contribution in [0.15, 0.2) is 5.16 Å². The summed E-state index contributed by atoms with van der Waals surface area (Å²) in [7, 11) is 0. The molecule has 0 spiro atoms. The number of hydrogen-bond donors (Lipinski definition) is 3. The molecule has 0 aromatic carbocycles. The lowest BCUT2D eigenvalue weighted by Crippen LogP contribution is -2.35. The smallest absolute Gasteiger partial charge is 0.354 e. The summed E-state index contributed by atoms with van der Waals surface area (Å²) in [6.45, 7) is 0.475. The molecule has 1 saturated heterocycles. The molecule has 9 nitrogen and oxygen atoms in total. The number of hydrogen-bond acceptors (Lipinski definition) is 6. The Bertz CT molecular complexity index is 477. The first-order valence-corrected chi connectivity index (χ1v) is 6.13. The van der Waals surface area contributed by atoms with Gasteiger partial charge < -0.3 is 25.7 Å². The molecule has 2 heterocycles. The maximum Gasteiger partial charge on any atom is 0.354 e. The molecule has 2 aliphatic heterocycles. The second kappa shape index (κ2) is 5.45. The molecule has 0 aromatic heterocycles. The molecular formula is C11H15N3O6. The second-order valence-electron chi connectivity index (χ2n) is 4.81. The first-order valence-electron chi connectivity index (χ1n) is 6.13. The molecule has 1 amide bonds. The lowest BCUT2D eigenvalue weighted by molar-refractivity contribution is -0.139. The summed E-state index contributed by atoms with van der Waals surface area (Å²) in [5.74, 6) is -2.99. The van der Waals surface area contributed by atoms with Gasteiger partial charge in [-0.05, 0) is 6.42 Å². The highest BCUT2D eigenvalue weighted by atomic mass is 16.6. The lowest BCUT2D eigenvalue weighted by atomic mass is 10.0. The Hall–Kier alpha value is -2.16. The Kier molecular flexibility index (Phi) is 3.89. The summed E-state index contributed by atoms with van der Waals surface area (Å²) < 4.78 is 0. The number of oxime groups is 1. The van der Waals surface area contributed by atoms with Crippen LogP contribution in [0.25, 0.3) is 0 Å². The zero-order valence-electron chi connectivity index (χ0n) is 10.6. The van der Waals surface area contributed by atoms with E-state index in [-0.39, 0.29) is 37.6 Å².